The van der Waals surface area contributed by atoms with Crippen LogP contribution in [0, 0.1) is 0 Å². The van der Waals surface area contributed by atoms with E-state index in [9.17, 15) is 4.79 Å². The minimum Gasteiger partial charge on any atom is -0.352 e. The van der Waals surface area contributed by atoms with Gasteiger partial charge in [-0.1, -0.05) is 66.7 Å². The van der Waals surface area contributed by atoms with Crippen molar-refractivity contribution < 1.29 is 4.79 Å². The molecule has 0 spiro atoms. The van der Waals surface area contributed by atoms with Crippen LogP contribution in [0.1, 0.15) is 11.4 Å². The zero-order chi connectivity index (χ0) is 25.7. The van der Waals surface area contributed by atoms with Gasteiger partial charge in [-0.3, -0.25) is 4.79 Å². The summed E-state index contributed by atoms with van der Waals surface area (Å²) in [7, 11) is 0. The van der Waals surface area contributed by atoms with Gasteiger partial charge in [0.25, 0.3) is 0 Å². The first-order valence-corrected chi connectivity index (χ1v) is 13.8. The summed E-state index contributed by atoms with van der Waals surface area (Å²) in [6, 6.07) is 30.4. The summed E-state index contributed by atoms with van der Waals surface area (Å²) in [4.78, 5) is 28.2. The van der Waals surface area contributed by atoms with Crippen LogP contribution in [-0.4, -0.2) is 62.5 Å². The highest BCUT2D eigenvalue weighted by molar-refractivity contribution is 8.00. The fourth-order valence-electron chi connectivity index (χ4n) is 4.71. The second-order valence-electron chi connectivity index (χ2n) is 9.22. The number of aromatic nitrogens is 4. The average Bonchev–Trinajstić information content (AvgIpc) is 3.41. The Morgan fingerprint density at radius 2 is 1.45 bits per heavy atom. The maximum Gasteiger partial charge on any atom is 0.233 e. The van der Waals surface area contributed by atoms with Crippen LogP contribution in [0.25, 0.3) is 16.7 Å². The summed E-state index contributed by atoms with van der Waals surface area (Å²) in [5, 5.41) is 5.61. The molecule has 38 heavy (non-hydrogen) atoms. The van der Waals surface area contributed by atoms with Crippen molar-refractivity contribution in [2.75, 3.05) is 36.8 Å². The summed E-state index contributed by atoms with van der Waals surface area (Å²) in [6.07, 6.45) is 2.50. The predicted molar refractivity (Wildman–Crippen MR) is 152 cm³/mol. The largest absolute Gasteiger partial charge is 0.352 e. The van der Waals surface area contributed by atoms with Gasteiger partial charge in [-0.05, 0) is 29.8 Å². The van der Waals surface area contributed by atoms with Crippen molar-refractivity contribution in [2.24, 2.45) is 0 Å². The normalized spacial score (nSPS) is 13.7. The van der Waals surface area contributed by atoms with Gasteiger partial charge < -0.3 is 9.80 Å². The van der Waals surface area contributed by atoms with Crippen molar-refractivity contribution >= 4 is 34.5 Å². The maximum atomic E-state index is 12.9. The molecular formula is C30H28N6OS. The van der Waals surface area contributed by atoms with Crippen molar-refractivity contribution in [3.8, 4) is 5.69 Å². The zero-order valence-electron chi connectivity index (χ0n) is 21.0. The van der Waals surface area contributed by atoms with Gasteiger partial charge in [-0.25, -0.2) is 14.6 Å². The summed E-state index contributed by atoms with van der Waals surface area (Å²) >= 11 is 1.59. The molecule has 190 valence electrons. The Bertz CT molecular complexity index is 1520. The highest BCUT2D eigenvalue weighted by atomic mass is 32.2. The maximum absolute atomic E-state index is 12.9. The van der Waals surface area contributed by atoms with Crippen LogP contribution in [-0.2, 0) is 11.2 Å². The summed E-state index contributed by atoms with van der Waals surface area (Å²) in [6.45, 7) is 2.77. The number of piperazine rings is 1. The van der Waals surface area contributed by atoms with E-state index >= 15 is 0 Å². The first kappa shape index (κ1) is 24.2. The Morgan fingerprint density at radius 3 is 2.16 bits per heavy atom. The SMILES string of the molecule is O=C(CSc1ccccc1)N1CCN(c2nc(Cc3ccccc3)nc3c2cnn3-c2ccccc2)CC1. The number of carbonyl (C=O) groups is 1. The zero-order valence-corrected chi connectivity index (χ0v) is 21.8. The monoisotopic (exact) mass is 520 g/mol. The fraction of sp³-hybridized carbons (Fsp3) is 0.200. The molecule has 0 atom stereocenters. The molecule has 7 nitrogen and oxygen atoms in total. The number of amides is 1. The molecule has 3 aromatic carbocycles. The molecule has 0 N–H and O–H groups in total. The summed E-state index contributed by atoms with van der Waals surface area (Å²) in [5.41, 5.74) is 2.92. The first-order chi connectivity index (χ1) is 18.7. The topological polar surface area (TPSA) is 67.2 Å². The number of rotatable bonds is 7. The Kier molecular flexibility index (Phi) is 7.04. The fourth-order valence-corrected chi connectivity index (χ4v) is 5.54. The molecule has 1 saturated heterocycles. The number of fused-ring (bicyclic) bond motifs is 1. The van der Waals surface area contributed by atoms with Crippen LogP contribution in [0.15, 0.2) is 102 Å². The number of anilines is 1. The standard InChI is InChI=1S/C30H28N6OS/c37-28(22-38-25-14-8-3-9-15-25)34-16-18-35(19-17-34)29-26-21-31-36(24-12-6-2-7-13-24)30(26)33-27(32-29)20-23-10-4-1-5-11-23/h1-15,21H,16-20,22H2. The molecule has 3 heterocycles. The average molecular weight is 521 g/mol. The number of hydrogen-bond donors (Lipinski definition) is 0. The Morgan fingerprint density at radius 1 is 0.789 bits per heavy atom. The quantitative estimate of drug-likeness (QED) is 0.286. The molecule has 1 aliphatic heterocycles. The van der Waals surface area contributed by atoms with E-state index in [1.54, 1.807) is 11.8 Å². The van der Waals surface area contributed by atoms with E-state index in [4.69, 9.17) is 9.97 Å². The molecule has 6 rings (SSSR count). The molecule has 5 aromatic rings. The molecule has 1 aliphatic rings. The number of hydrogen-bond acceptors (Lipinski definition) is 6. The van der Waals surface area contributed by atoms with Crippen molar-refractivity contribution in [3.63, 3.8) is 0 Å². The Hall–Kier alpha value is -4.17. The molecule has 0 radical (unpaired) electrons. The van der Waals surface area contributed by atoms with Gasteiger partial charge in [0.15, 0.2) is 5.65 Å². The first-order valence-electron chi connectivity index (χ1n) is 12.8. The van der Waals surface area contributed by atoms with Crippen molar-refractivity contribution in [1.29, 1.82) is 0 Å². The molecule has 0 bridgehead atoms. The van der Waals surface area contributed by atoms with E-state index in [0.717, 1.165) is 51.9 Å². The second-order valence-corrected chi connectivity index (χ2v) is 10.3. The van der Waals surface area contributed by atoms with Crippen LogP contribution in [0.4, 0.5) is 5.82 Å². The van der Waals surface area contributed by atoms with E-state index in [1.807, 2.05) is 94.6 Å². The number of carbonyl (C=O) groups excluding carboxylic acids is 1. The van der Waals surface area contributed by atoms with Gasteiger partial charge in [-0.15, -0.1) is 11.8 Å². The number of para-hydroxylation sites is 1. The van der Waals surface area contributed by atoms with E-state index in [-0.39, 0.29) is 5.91 Å². The second kappa shape index (κ2) is 11.1. The molecule has 0 saturated carbocycles. The smallest absolute Gasteiger partial charge is 0.233 e. The molecule has 2 aromatic heterocycles. The van der Waals surface area contributed by atoms with Gasteiger partial charge >= 0.3 is 0 Å². The summed E-state index contributed by atoms with van der Waals surface area (Å²) < 4.78 is 1.88. The van der Waals surface area contributed by atoms with Crippen LogP contribution in [0.3, 0.4) is 0 Å². The molecule has 8 heteroatoms. The van der Waals surface area contributed by atoms with Crippen molar-refractivity contribution in [3.05, 3.63) is 109 Å². The lowest BCUT2D eigenvalue weighted by molar-refractivity contribution is -0.128. The lowest BCUT2D eigenvalue weighted by Gasteiger charge is -2.35. The van der Waals surface area contributed by atoms with Gasteiger partial charge in [0.05, 0.1) is 23.0 Å². The number of thioether (sulfide) groups is 1. The molecule has 0 unspecified atom stereocenters. The Balaban J connectivity index is 1.24. The van der Waals surface area contributed by atoms with Crippen LogP contribution >= 0.6 is 11.8 Å². The third-order valence-corrected chi connectivity index (χ3v) is 7.69. The van der Waals surface area contributed by atoms with Crippen molar-refractivity contribution in [2.45, 2.75) is 11.3 Å². The highest BCUT2D eigenvalue weighted by Gasteiger charge is 2.25. The van der Waals surface area contributed by atoms with E-state index in [1.165, 1.54) is 0 Å². The minimum atomic E-state index is 0.174. The molecule has 1 fully saturated rings. The minimum absolute atomic E-state index is 0.174. The number of nitrogens with zero attached hydrogens (tertiary/aromatic N) is 6. The Labute approximate surface area is 226 Å². The van der Waals surface area contributed by atoms with Crippen LogP contribution in [0.2, 0.25) is 0 Å². The van der Waals surface area contributed by atoms with Gasteiger partial charge in [-0.2, -0.15) is 5.10 Å². The lowest BCUT2D eigenvalue weighted by Crippen LogP contribution is -2.49. The highest BCUT2D eigenvalue weighted by Crippen LogP contribution is 2.28. The molecule has 1 amide bonds. The van der Waals surface area contributed by atoms with E-state index in [0.29, 0.717) is 25.3 Å². The third-order valence-electron chi connectivity index (χ3n) is 6.70. The van der Waals surface area contributed by atoms with Gasteiger partial charge in [0.1, 0.15) is 11.6 Å². The molecular weight excluding hydrogens is 492 g/mol. The lowest BCUT2D eigenvalue weighted by atomic mass is 10.1. The van der Waals surface area contributed by atoms with E-state index < -0.39 is 0 Å². The van der Waals surface area contributed by atoms with Gasteiger partial charge in [0.2, 0.25) is 5.91 Å². The number of benzene rings is 3. The van der Waals surface area contributed by atoms with Crippen LogP contribution in [0.5, 0.6) is 0 Å². The van der Waals surface area contributed by atoms with E-state index in [2.05, 4.69) is 22.1 Å². The van der Waals surface area contributed by atoms with Crippen LogP contribution < -0.4 is 4.90 Å². The summed E-state index contributed by atoms with van der Waals surface area (Å²) in [5.74, 6) is 2.27. The van der Waals surface area contributed by atoms with Crippen molar-refractivity contribution in [1.82, 2.24) is 24.6 Å². The van der Waals surface area contributed by atoms with Gasteiger partial charge in [0, 0.05) is 37.5 Å². The molecule has 0 aliphatic carbocycles. The third kappa shape index (κ3) is 5.26. The predicted octanol–water partition coefficient (Wildman–Crippen LogP) is 4.85.